The molecule has 1 amide bonds. The molecule has 0 atom stereocenters. The molecule has 0 unspecified atom stereocenters. The third-order valence-corrected chi connectivity index (χ3v) is 5.09. The highest BCUT2D eigenvalue weighted by atomic mass is 19.1. The van der Waals surface area contributed by atoms with Crippen LogP contribution in [0.1, 0.15) is 21.5 Å². The molecule has 0 saturated heterocycles. The van der Waals surface area contributed by atoms with Gasteiger partial charge in [0.2, 0.25) is 0 Å². The van der Waals surface area contributed by atoms with Crippen molar-refractivity contribution in [1.29, 1.82) is 0 Å². The molecule has 156 valence electrons. The smallest absolute Gasteiger partial charge is 0.267 e. The van der Waals surface area contributed by atoms with Gasteiger partial charge in [-0.05, 0) is 17.7 Å². The van der Waals surface area contributed by atoms with Crippen LogP contribution < -0.4 is 16.2 Å². The van der Waals surface area contributed by atoms with E-state index in [2.05, 4.69) is 15.6 Å². The van der Waals surface area contributed by atoms with Crippen LogP contribution in [0.5, 0.6) is 5.75 Å². The Labute approximate surface area is 171 Å². The molecule has 0 spiro atoms. The van der Waals surface area contributed by atoms with E-state index in [1.54, 1.807) is 18.3 Å². The molecular weight excluding hydrogens is 391 g/mol. The molecule has 0 radical (unpaired) electrons. The molecule has 8 nitrogen and oxygen atoms in total. The first kappa shape index (κ1) is 19.8. The number of aromatic nitrogens is 2. The fourth-order valence-corrected chi connectivity index (χ4v) is 3.65. The van der Waals surface area contributed by atoms with Crippen LogP contribution in [-0.2, 0) is 17.7 Å². The number of rotatable bonds is 6. The molecule has 0 fully saturated rings. The number of anilines is 1. The number of pyridine rings is 2. The average molecular weight is 412 g/mol. The monoisotopic (exact) mass is 412 g/mol. The lowest BCUT2D eigenvalue weighted by molar-refractivity contribution is 0.0932. The maximum atomic E-state index is 13.2. The van der Waals surface area contributed by atoms with Gasteiger partial charge >= 0.3 is 0 Å². The summed E-state index contributed by atoms with van der Waals surface area (Å²) in [5.74, 6) is -1.43. The molecule has 3 aromatic rings. The molecule has 1 aliphatic heterocycles. The minimum Gasteiger partial charge on any atom is -0.505 e. The van der Waals surface area contributed by atoms with Gasteiger partial charge in [-0.2, -0.15) is 0 Å². The number of hydrogen-bond acceptors (Lipinski definition) is 6. The lowest BCUT2D eigenvalue weighted by Gasteiger charge is -2.24. The summed E-state index contributed by atoms with van der Waals surface area (Å²) in [6.45, 7) is 1.32. The van der Waals surface area contributed by atoms with Crippen LogP contribution in [0.2, 0.25) is 0 Å². The Kier molecular flexibility index (Phi) is 5.37. The van der Waals surface area contributed by atoms with E-state index in [1.165, 1.54) is 23.8 Å². The van der Waals surface area contributed by atoms with Crippen LogP contribution in [0.4, 0.5) is 10.1 Å². The lowest BCUT2D eigenvalue weighted by atomic mass is 10.0. The van der Waals surface area contributed by atoms with Crippen LogP contribution in [0.15, 0.2) is 35.3 Å². The molecular formula is C21H21FN4O4. The summed E-state index contributed by atoms with van der Waals surface area (Å²) in [6, 6.07) is 6.15. The van der Waals surface area contributed by atoms with Crippen LogP contribution in [0.3, 0.4) is 0 Å². The first-order valence-electron chi connectivity index (χ1n) is 9.54. The summed E-state index contributed by atoms with van der Waals surface area (Å²) in [5.41, 5.74) is 2.10. The van der Waals surface area contributed by atoms with Crippen LogP contribution in [0.25, 0.3) is 11.0 Å². The van der Waals surface area contributed by atoms with Crippen molar-refractivity contribution in [2.45, 2.75) is 13.0 Å². The van der Waals surface area contributed by atoms with Gasteiger partial charge < -0.3 is 25.0 Å². The zero-order valence-corrected chi connectivity index (χ0v) is 16.4. The van der Waals surface area contributed by atoms with E-state index < -0.39 is 17.2 Å². The molecule has 1 aromatic carbocycles. The second-order valence-corrected chi connectivity index (χ2v) is 7.01. The molecule has 0 bridgehead atoms. The average Bonchev–Trinajstić information content (AvgIpc) is 2.74. The number of nitrogens with zero attached hydrogens (tertiary/aromatic N) is 2. The number of carbonyl (C=O) groups is 1. The van der Waals surface area contributed by atoms with E-state index in [-0.39, 0.29) is 30.0 Å². The van der Waals surface area contributed by atoms with Gasteiger partial charge in [0.05, 0.1) is 17.8 Å². The van der Waals surface area contributed by atoms with Crippen molar-refractivity contribution >= 4 is 22.6 Å². The third-order valence-electron chi connectivity index (χ3n) is 5.09. The molecule has 30 heavy (non-hydrogen) atoms. The van der Waals surface area contributed by atoms with Crippen LogP contribution in [-0.4, -0.2) is 47.4 Å². The van der Waals surface area contributed by atoms with Gasteiger partial charge in [-0.1, -0.05) is 12.1 Å². The van der Waals surface area contributed by atoms with Gasteiger partial charge in [0.1, 0.15) is 16.9 Å². The number of halogens is 1. The maximum absolute atomic E-state index is 13.2. The second kappa shape index (κ2) is 8.11. The van der Waals surface area contributed by atoms with Crippen molar-refractivity contribution < 1.29 is 19.0 Å². The summed E-state index contributed by atoms with van der Waals surface area (Å²) in [5, 5.41) is 16.5. The molecule has 1 aliphatic rings. The van der Waals surface area contributed by atoms with E-state index in [1.807, 2.05) is 0 Å². The summed E-state index contributed by atoms with van der Waals surface area (Å²) in [4.78, 5) is 29.9. The van der Waals surface area contributed by atoms with Gasteiger partial charge in [-0.3, -0.25) is 14.6 Å². The van der Waals surface area contributed by atoms with Crippen molar-refractivity contribution in [3.8, 4) is 5.75 Å². The molecule has 9 heteroatoms. The molecule has 3 N–H and O–H groups in total. The number of nitrogens with one attached hydrogen (secondary N) is 2. The highest BCUT2D eigenvalue weighted by Gasteiger charge is 2.27. The second-order valence-electron chi connectivity index (χ2n) is 7.01. The van der Waals surface area contributed by atoms with E-state index in [9.17, 15) is 19.1 Å². The van der Waals surface area contributed by atoms with E-state index >= 15 is 0 Å². The number of ether oxygens (including phenoxy) is 1. The van der Waals surface area contributed by atoms with Crippen molar-refractivity contribution in [2.24, 2.45) is 0 Å². The summed E-state index contributed by atoms with van der Waals surface area (Å²) < 4.78 is 19.6. The lowest BCUT2D eigenvalue weighted by Crippen LogP contribution is -2.37. The van der Waals surface area contributed by atoms with Gasteiger partial charge in [-0.15, -0.1) is 0 Å². The van der Waals surface area contributed by atoms with Gasteiger partial charge in [0.25, 0.3) is 11.5 Å². The van der Waals surface area contributed by atoms with E-state index in [4.69, 9.17) is 4.74 Å². The van der Waals surface area contributed by atoms with Gasteiger partial charge in [-0.25, -0.2) is 4.39 Å². The van der Waals surface area contributed by atoms with Crippen molar-refractivity contribution in [3.63, 3.8) is 0 Å². The van der Waals surface area contributed by atoms with E-state index in [0.717, 1.165) is 11.1 Å². The van der Waals surface area contributed by atoms with Crippen molar-refractivity contribution in [1.82, 2.24) is 14.9 Å². The van der Waals surface area contributed by atoms with Gasteiger partial charge in [0.15, 0.2) is 5.75 Å². The predicted molar refractivity (Wildman–Crippen MR) is 110 cm³/mol. The Balaban J connectivity index is 1.81. The Morgan fingerprint density at radius 2 is 2.13 bits per heavy atom. The first-order chi connectivity index (χ1) is 14.5. The largest absolute Gasteiger partial charge is 0.505 e. The first-order valence-corrected chi connectivity index (χ1v) is 9.54. The molecule has 3 heterocycles. The number of benzene rings is 1. The number of carbonyl (C=O) groups excluding carboxylic acids is 1. The maximum Gasteiger partial charge on any atom is 0.267 e. The highest BCUT2D eigenvalue weighted by Crippen LogP contribution is 2.34. The number of aromatic hydroxyl groups is 1. The number of amides is 1. The number of hydrogen-bond donors (Lipinski definition) is 3. The van der Waals surface area contributed by atoms with Crippen LogP contribution in [0, 0.1) is 5.82 Å². The normalized spacial score (nSPS) is 12.6. The zero-order valence-electron chi connectivity index (χ0n) is 16.4. The van der Waals surface area contributed by atoms with Gasteiger partial charge in [0, 0.05) is 44.9 Å². The molecule has 0 saturated carbocycles. The minimum absolute atomic E-state index is 0.177. The fraction of sp³-hybridized carbons (Fsp3) is 0.286. The highest BCUT2D eigenvalue weighted by molar-refractivity contribution is 6.04. The quantitative estimate of drug-likeness (QED) is 0.532. The fourth-order valence-electron chi connectivity index (χ4n) is 3.65. The summed E-state index contributed by atoms with van der Waals surface area (Å²) in [6.07, 6.45) is 2.07. The zero-order chi connectivity index (χ0) is 21.3. The summed E-state index contributed by atoms with van der Waals surface area (Å²) >= 11 is 0. The standard InChI is InChI=1S/C21H21FN4O4/c1-30-9-7-24-20(28)15-19(27)17-18-16(23-6-8-26(18)21(15)29)13(11-25-17)10-12-2-4-14(22)5-3-12/h2-5,11,23,27H,6-10H2,1H3,(H,24,28). The Bertz CT molecular complexity index is 1170. The molecule has 2 aromatic heterocycles. The van der Waals surface area contributed by atoms with Crippen LogP contribution >= 0.6 is 0 Å². The third kappa shape index (κ3) is 3.48. The van der Waals surface area contributed by atoms with Crippen molar-refractivity contribution in [3.05, 3.63) is 63.3 Å². The summed E-state index contributed by atoms with van der Waals surface area (Å²) in [7, 11) is 1.50. The SMILES string of the molecule is COCCNC(=O)c1c(O)c2ncc(Cc3ccc(F)cc3)c3c2n(c1=O)CCN3. The predicted octanol–water partition coefficient (Wildman–Crippen LogP) is 1.63. The topological polar surface area (TPSA) is 105 Å². The Morgan fingerprint density at radius 3 is 2.87 bits per heavy atom. The Morgan fingerprint density at radius 1 is 1.37 bits per heavy atom. The molecule has 0 aliphatic carbocycles. The minimum atomic E-state index is -0.669. The van der Waals surface area contributed by atoms with E-state index in [0.29, 0.717) is 30.7 Å². The van der Waals surface area contributed by atoms with Crippen molar-refractivity contribution in [2.75, 3.05) is 32.1 Å². The molecule has 4 rings (SSSR count). The number of methoxy groups -OCH3 is 1. The Hall–Kier alpha value is -3.46.